The van der Waals surface area contributed by atoms with Gasteiger partial charge in [-0.05, 0) is 75.0 Å². The lowest BCUT2D eigenvalue weighted by Crippen LogP contribution is -2.63. The Morgan fingerprint density at radius 1 is 1.02 bits per heavy atom. The largest absolute Gasteiger partial charge is 0.510 e. The summed E-state index contributed by atoms with van der Waals surface area (Å²) in [5, 5.41) is 46.2. The molecule has 4 aliphatic rings. The number of primary amides is 1. The summed E-state index contributed by atoms with van der Waals surface area (Å²) in [6.07, 6.45) is 3.27. The standard InChI is InChI=1S/C35H37N3O9/c1-4-5-6-9-16-12-18(15-38-33(45)19-10-7-8-11-20(19)34(38)46)27(39)24-21(16)13-17-14-22-26(37(2)3)29(41)25(32(36)44)31(43)35(22,47)30(42)23(17)28(24)40/h7-8,10-12,17,22,26,39,41-42,47H,4-6,9,13-15H2,1-3H3,(H2,36,44)/t17-,22+,26-,35-/m0/s1. The highest BCUT2D eigenvalue weighted by Crippen LogP contribution is 2.53. The third-order valence-electron chi connectivity index (χ3n) is 10.2. The second-order valence-corrected chi connectivity index (χ2v) is 13.1. The van der Waals surface area contributed by atoms with Crippen molar-refractivity contribution in [2.75, 3.05) is 14.1 Å². The van der Waals surface area contributed by atoms with Crippen LogP contribution >= 0.6 is 0 Å². The van der Waals surface area contributed by atoms with Crippen LogP contribution in [0.5, 0.6) is 5.75 Å². The number of hydrogen-bond acceptors (Lipinski definition) is 10. The third kappa shape index (κ3) is 4.61. The summed E-state index contributed by atoms with van der Waals surface area (Å²) < 4.78 is 0. The number of aromatic hydroxyl groups is 1. The normalized spacial score (nSPS) is 25.3. The topological polar surface area (TPSA) is 199 Å². The molecule has 0 aromatic heterocycles. The van der Waals surface area contributed by atoms with E-state index < -0.39 is 75.6 Å². The molecule has 246 valence electrons. The number of nitrogens with zero attached hydrogens (tertiary/aromatic N) is 2. The molecule has 6 rings (SSSR count). The van der Waals surface area contributed by atoms with Crippen molar-refractivity contribution >= 4 is 29.3 Å². The van der Waals surface area contributed by atoms with E-state index in [9.17, 15) is 44.4 Å². The smallest absolute Gasteiger partial charge is 0.261 e. The summed E-state index contributed by atoms with van der Waals surface area (Å²) in [6.45, 7) is 1.74. The molecule has 47 heavy (non-hydrogen) atoms. The molecular formula is C35H37N3O9. The van der Waals surface area contributed by atoms with Crippen molar-refractivity contribution in [3.8, 4) is 5.75 Å². The number of fused-ring (bicyclic) bond motifs is 4. The summed E-state index contributed by atoms with van der Waals surface area (Å²) in [5.74, 6) is -8.35. The van der Waals surface area contributed by atoms with Gasteiger partial charge in [0.15, 0.2) is 11.4 Å². The van der Waals surface area contributed by atoms with Gasteiger partial charge in [-0.15, -0.1) is 0 Å². The average molecular weight is 644 g/mol. The van der Waals surface area contributed by atoms with Crippen LogP contribution in [-0.4, -0.2) is 85.3 Å². The van der Waals surface area contributed by atoms with Crippen LogP contribution in [-0.2, 0) is 29.0 Å². The molecule has 0 fully saturated rings. The number of ketones is 2. The van der Waals surface area contributed by atoms with Gasteiger partial charge in [-0.1, -0.05) is 31.9 Å². The molecule has 1 aliphatic heterocycles. The first-order valence-corrected chi connectivity index (χ1v) is 15.7. The SMILES string of the molecule is CCCCCc1cc(CN2C(=O)c3ccccc3C2=O)c(O)c2c1C[C@H]1C[C@@H]3[C@H](N(C)C)C(O)=C(C(N)=O)C(=O)[C@@]3(O)C(O)=C1C2=O. The molecule has 12 heteroatoms. The molecule has 0 saturated carbocycles. The Hall–Kier alpha value is -4.81. The van der Waals surface area contributed by atoms with Gasteiger partial charge in [0.25, 0.3) is 17.7 Å². The Morgan fingerprint density at radius 2 is 1.66 bits per heavy atom. The fourth-order valence-corrected chi connectivity index (χ4v) is 7.92. The van der Waals surface area contributed by atoms with E-state index in [2.05, 4.69) is 0 Å². The van der Waals surface area contributed by atoms with E-state index in [1.54, 1.807) is 44.4 Å². The average Bonchev–Trinajstić information content (AvgIpc) is 3.25. The molecule has 4 atom stereocenters. The van der Waals surface area contributed by atoms with Crippen LogP contribution in [0.3, 0.4) is 0 Å². The highest BCUT2D eigenvalue weighted by atomic mass is 16.3. The Labute approximate surface area is 270 Å². The molecule has 6 N–H and O–H groups in total. The first-order chi connectivity index (χ1) is 22.2. The fourth-order valence-electron chi connectivity index (χ4n) is 7.92. The minimum atomic E-state index is -2.75. The number of aryl methyl sites for hydroxylation is 1. The number of phenolic OH excluding ortho intramolecular Hbond substituents is 1. The molecule has 2 aromatic rings. The Balaban J connectivity index is 1.48. The first kappa shape index (κ1) is 32.1. The number of hydrogen-bond donors (Lipinski definition) is 5. The van der Waals surface area contributed by atoms with E-state index in [1.165, 1.54) is 4.90 Å². The summed E-state index contributed by atoms with van der Waals surface area (Å²) in [4.78, 5) is 69.1. The van der Waals surface area contributed by atoms with E-state index in [0.29, 0.717) is 12.0 Å². The van der Waals surface area contributed by atoms with Crippen LogP contribution < -0.4 is 5.73 Å². The number of aliphatic hydroxyl groups is 3. The van der Waals surface area contributed by atoms with Gasteiger partial charge >= 0.3 is 0 Å². The minimum Gasteiger partial charge on any atom is -0.510 e. The maximum atomic E-state index is 14.4. The van der Waals surface area contributed by atoms with Crippen molar-refractivity contribution in [1.29, 1.82) is 0 Å². The second-order valence-electron chi connectivity index (χ2n) is 13.1. The number of rotatable bonds is 8. The molecule has 3 aliphatic carbocycles. The third-order valence-corrected chi connectivity index (χ3v) is 10.2. The highest BCUT2D eigenvalue weighted by molar-refractivity contribution is 6.25. The van der Waals surface area contributed by atoms with Crippen LogP contribution in [0.15, 0.2) is 53.0 Å². The van der Waals surface area contributed by atoms with Crippen LogP contribution in [0.1, 0.15) is 80.4 Å². The lowest BCUT2D eigenvalue weighted by molar-refractivity contribution is -0.148. The monoisotopic (exact) mass is 643 g/mol. The number of benzene rings is 2. The maximum absolute atomic E-state index is 14.4. The van der Waals surface area contributed by atoms with Gasteiger partial charge in [-0.3, -0.25) is 33.8 Å². The second kappa shape index (κ2) is 11.5. The van der Waals surface area contributed by atoms with Crippen molar-refractivity contribution in [2.45, 2.75) is 63.6 Å². The van der Waals surface area contributed by atoms with Crippen LogP contribution in [0.2, 0.25) is 0 Å². The summed E-state index contributed by atoms with van der Waals surface area (Å²) >= 11 is 0. The van der Waals surface area contributed by atoms with E-state index in [-0.39, 0.29) is 47.2 Å². The zero-order valence-electron chi connectivity index (χ0n) is 26.4. The first-order valence-electron chi connectivity index (χ1n) is 15.7. The lowest BCUT2D eigenvalue weighted by Gasteiger charge is -2.50. The van der Waals surface area contributed by atoms with Crippen LogP contribution in [0.25, 0.3) is 0 Å². The van der Waals surface area contributed by atoms with E-state index in [1.807, 2.05) is 6.92 Å². The number of Topliss-reactive ketones (excluding diaryl/α,β-unsaturated/α-hetero) is 2. The van der Waals surface area contributed by atoms with E-state index in [4.69, 9.17) is 5.73 Å². The molecule has 0 radical (unpaired) electrons. The molecule has 0 bridgehead atoms. The molecule has 3 amide bonds. The van der Waals surface area contributed by atoms with Crippen molar-refractivity contribution in [2.24, 2.45) is 17.6 Å². The quantitative estimate of drug-likeness (QED) is 0.162. The highest BCUT2D eigenvalue weighted by Gasteiger charge is 2.63. The van der Waals surface area contributed by atoms with Gasteiger partial charge in [0.1, 0.15) is 22.8 Å². The lowest BCUT2D eigenvalue weighted by atomic mass is 9.58. The molecular weight excluding hydrogens is 606 g/mol. The number of unbranched alkanes of at least 4 members (excludes halogenated alkanes) is 2. The van der Waals surface area contributed by atoms with Gasteiger partial charge in [0.2, 0.25) is 5.78 Å². The zero-order valence-corrected chi connectivity index (χ0v) is 26.4. The molecule has 0 unspecified atom stereocenters. The molecule has 1 heterocycles. The number of amides is 3. The number of nitrogens with two attached hydrogens (primary N) is 1. The van der Waals surface area contributed by atoms with Gasteiger partial charge < -0.3 is 26.2 Å². The number of imide groups is 1. The van der Waals surface area contributed by atoms with Crippen molar-refractivity contribution in [1.82, 2.24) is 9.80 Å². The Bertz CT molecular complexity index is 1810. The number of aliphatic hydroxyl groups excluding tert-OH is 2. The Kier molecular flexibility index (Phi) is 7.84. The van der Waals surface area contributed by atoms with E-state index in [0.717, 1.165) is 29.7 Å². The van der Waals surface area contributed by atoms with Gasteiger partial charge in [-0.25, -0.2) is 0 Å². The fraction of sp³-hybridized carbons (Fsp3) is 0.400. The van der Waals surface area contributed by atoms with Gasteiger partial charge in [0, 0.05) is 17.1 Å². The predicted octanol–water partition coefficient (Wildman–Crippen LogP) is 2.65. The number of carbonyl (C=O) groups excluding carboxylic acids is 5. The number of carbonyl (C=O) groups is 5. The maximum Gasteiger partial charge on any atom is 0.261 e. The Morgan fingerprint density at radius 3 is 2.23 bits per heavy atom. The van der Waals surface area contributed by atoms with Gasteiger partial charge in [0.05, 0.1) is 29.3 Å². The number of likely N-dealkylation sites (N-methyl/N-ethyl adjacent to an activating group) is 1. The molecule has 0 saturated heterocycles. The summed E-state index contributed by atoms with van der Waals surface area (Å²) in [5.41, 5.74) is 3.32. The van der Waals surface area contributed by atoms with Gasteiger partial charge in [-0.2, -0.15) is 0 Å². The predicted molar refractivity (Wildman–Crippen MR) is 168 cm³/mol. The van der Waals surface area contributed by atoms with Crippen LogP contribution in [0, 0.1) is 11.8 Å². The molecule has 0 spiro atoms. The van der Waals surface area contributed by atoms with Crippen molar-refractivity contribution < 1.29 is 44.4 Å². The number of phenols is 1. The van der Waals surface area contributed by atoms with E-state index >= 15 is 0 Å². The summed E-state index contributed by atoms with van der Waals surface area (Å²) in [6, 6.07) is 7.02. The molecule has 12 nitrogen and oxygen atoms in total. The van der Waals surface area contributed by atoms with Crippen LogP contribution in [0.4, 0.5) is 0 Å². The molecule has 2 aromatic carbocycles. The van der Waals surface area contributed by atoms with Crippen molar-refractivity contribution in [3.63, 3.8) is 0 Å². The minimum absolute atomic E-state index is 0.0162. The number of allylic oxidation sites excluding steroid dienone is 1. The zero-order chi connectivity index (χ0) is 34.1. The summed E-state index contributed by atoms with van der Waals surface area (Å²) in [7, 11) is 3.15. The van der Waals surface area contributed by atoms with Crippen molar-refractivity contribution in [3.05, 3.63) is 86.4 Å².